The average molecular weight is 377 g/mol. The first kappa shape index (κ1) is 18.0. The minimum absolute atomic E-state index is 0.0203. The molecule has 0 bridgehead atoms. The number of ether oxygens (including phenoxy) is 3. The van der Waals surface area contributed by atoms with Gasteiger partial charge in [-0.2, -0.15) is 0 Å². The second-order valence-corrected chi connectivity index (χ2v) is 7.06. The molecule has 1 unspecified atom stereocenters. The highest BCUT2D eigenvalue weighted by Crippen LogP contribution is 2.41. The fraction of sp³-hybridized carbons (Fsp3) is 0.611. The number of hydrogen-bond acceptors (Lipinski definition) is 7. The lowest BCUT2D eigenvalue weighted by Gasteiger charge is -2.34. The van der Waals surface area contributed by atoms with Gasteiger partial charge >= 0.3 is 0 Å². The van der Waals surface area contributed by atoms with Crippen molar-refractivity contribution in [3.63, 3.8) is 0 Å². The molecule has 2 heterocycles. The lowest BCUT2D eigenvalue weighted by Crippen LogP contribution is -2.47. The predicted octanol–water partition coefficient (Wildman–Crippen LogP) is 1.76. The predicted molar refractivity (Wildman–Crippen MR) is 94.8 cm³/mol. The molecule has 9 nitrogen and oxygen atoms in total. The molecule has 1 saturated heterocycles. The van der Waals surface area contributed by atoms with Gasteiger partial charge < -0.3 is 19.5 Å². The molecule has 146 valence electrons. The fourth-order valence-electron chi connectivity index (χ4n) is 4.01. The van der Waals surface area contributed by atoms with Gasteiger partial charge in [0.1, 0.15) is 6.04 Å². The number of amides is 1. The summed E-state index contributed by atoms with van der Waals surface area (Å²) in [5.41, 5.74) is 0.207. The van der Waals surface area contributed by atoms with E-state index in [2.05, 4.69) is 5.32 Å². The molecule has 27 heavy (non-hydrogen) atoms. The van der Waals surface area contributed by atoms with Crippen LogP contribution in [0.3, 0.4) is 0 Å². The highest BCUT2D eigenvalue weighted by molar-refractivity contribution is 5.85. The third kappa shape index (κ3) is 3.70. The molecule has 0 spiro atoms. The minimum Gasteiger partial charge on any atom is -0.454 e. The summed E-state index contributed by atoms with van der Waals surface area (Å²) in [6, 6.07) is 2.31. The normalized spacial score (nSPS) is 21.2. The molecule has 3 aliphatic rings. The van der Waals surface area contributed by atoms with Crippen LogP contribution in [0.1, 0.15) is 37.3 Å². The Kier molecular flexibility index (Phi) is 5.13. The van der Waals surface area contributed by atoms with E-state index in [0.29, 0.717) is 43.4 Å². The summed E-state index contributed by atoms with van der Waals surface area (Å²) in [5, 5.41) is 14.8. The molecule has 2 aliphatic heterocycles. The molecule has 1 amide bonds. The Morgan fingerprint density at radius 3 is 2.52 bits per heavy atom. The Morgan fingerprint density at radius 1 is 1.19 bits per heavy atom. The van der Waals surface area contributed by atoms with E-state index >= 15 is 0 Å². The third-order valence-electron chi connectivity index (χ3n) is 5.37. The van der Waals surface area contributed by atoms with E-state index in [1.165, 1.54) is 6.07 Å². The fourth-order valence-corrected chi connectivity index (χ4v) is 4.01. The Morgan fingerprint density at radius 2 is 1.85 bits per heavy atom. The first-order chi connectivity index (χ1) is 13.1. The van der Waals surface area contributed by atoms with Gasteiger partial charge in [0.05, 0.1) is 29.8 Å². The SMILES string of the molecule is O=C(NC1CCCC1)C(c1cc2c(cc1[N+](=O)[O-])OCO2)N1CCOCC1. The largest absolute Gasteiger partial charge is 0.454 e. The van der Waals surface area contributed by atoms with Crippen molar-refractivity contribution in [1.82, 2.24) is 10.2 Å². The van der Waals surface area contributed by atoms with Crippen LogP contribution in [-0.2, 0) is 9.53 Å². The lowest BCUT2D eigenvalue weighted by molar-refractivity contribution is -0.386. The maximum Gasteiger partial charge on any atom is 0.278 e. The van der Waals surface area contributed by atoms with E-state index in [4.69, 9.17) is 14.2 Å². The summed E-state index contributed by atoms with van der Waals surface area (Å²) >= 11 is 0. The van der Waals surface area contributed by atoms with Crippen molar-refractivity contribution >= 4 is 11.6 Å². The summed E-state index contributed by atoms with van der Waals surface area (Å²) in [4.78, 5) is 26.4. The van der Waals surface area contributed by atoms with E-state index in [1.54, 1.807) is 6.07 Å². The first-order valence-corrected chi connectivity index (χ1v) is 9.33. The van der Waals surface area contributed by atoms with Crippen LogP contribution in [0.5, 0.6) is 11.5 Å². The maximum absolute atomic E-state index is 13.2. The monoisotopic (exact) mass is 377 g/mol. The van der Waals surface area contributed by atoms with E-state index in [0.717, 1.165) is 25.7 Å². The number of benzene rings is 1. The molecule has 1 atom stereocenters. The Hall–Kier alpha value is -2.39. The number of nitro benzene ring substituents is 1. The second-order valence-electron chi connectivity index (χ2n) is 7.06. The standard InChI is InChI=1S/C18H23N3O6/c22-18(19-12-3-1-2-4-12)17(20-5-7-25-8-6-20)13-9-15-16(27-11-26-15)10-14(13)21(23)24/h9-10,12,17H,1-8,11H2,(H,19,22). The van der Waals surface area contributed by atoms with Gasteiger partial charge in [-0.15, -0.1) is 0 Å². The number of nitro groups is 1. The Bertz CT molecular complexity index is 728. The van der Waals surface area contributed by atoms with Gasteiger partial charge in [0.15, 0.2) is 11.5 Å². The van der Waals surface area contributed by atoms with Crippen LogP contribution >= 0.6 is 0 Å². The molecule has 1 aromatic carbocycles. The van der Waals surface area contributed by atoms with Crippen LogP contribution in [0.15, 0.2) is 12.1 Å². The number of nitrogens with one attached hydrogen (secondary N) is 1. The molecule has 1 N–H and O–H groups in total. The van der Waals surface area contributed by atoms with Crippen LogP contribution in [0.4, 0.5) is 5.69 Å². The molecule has 1 aliphatic carbocycles. The van der Waals surface area contributed by atoms with Gasteiger partial charge in [-0.05, 0) is 18.9 Å². The molecular weight excluding hydrogens is 354 g/mol. The summed E-state index contributed by atoms with van der Waals surface area (Å²) in [6.07, 6.45) is 4.09. The van der Waals surface area contributed by atoms with E-state index in [1.807, 2.05) is 4.90 Å². The number of carbonyl (C=O) groups is 1. The quantitative estimate of drug-likeness (QED) is 0.616. The van der Waals surface area contributed by atoms with Crippen molar-refractivity contribution in [3.8, 4) is 11.5 Å². The number of morpholine rings is 1. The van der Waals surface area contributed by atoms with Crippen molar-refractivity contribution < 1.29 is 23.9 Å². The first-order valence-electron chi connectivity index (χ1n) is 9.33. The van der Waals surface area contributed by atoms with Gasteiger partial charge in [0, 0.05) is 19.1 Å². The van der Waals surface area contributed by atoms with Crippen LogP contribution in [-0.4, -0.2) is 54.9 Å². The smallest absolute Gasteiger partial charge is 0.278 e. The molecule has 0 radical (unpaired) electrons. The second kappa shape index (κ2) is 7.69. The molecule has 4 rings (SSSR count). The van der Waals surface area contributed by atoms with Gasteiger partial charge in [-0.25, -0.2) is 0 Å². The topological polar surface area (TPSA) is 103 Å². The number of nitrogens with zero attached hydrogens (tertiary/aromatic N) is 2. The summed E-state index contributed by atoms with van der Waals surface area (Å²) in [6.45, 7) is 2.08. The Labute approximate surface area is 156 Å². The number of rotatable bonds is 5. The third-order valence-corrected chi connectivity index (χ3v) is 5.37. The number of hydrogen-bond donors (Lipinski definition) is 1. The number of fused-ring (bicyclic) bond motifs is 1. The lowest BCUT2D eigenvalue weighted by atomic mass is 10.00. The molecular formula is C18H23N3O6. The molecule has 1 saturated carbocycles. The van der Waals surface area contributed by atoms with Gasteiger partial charge in [0.2, 0.25) is 12.7 Å². The van der Waals surface area contributed by atoms with Crippen molar-refractivity contribution in [2.75, 3.05) is 33.1 Å². The zero-order chi connectivity index (χ0) is 18.8. The van der Waals surface area contributed by atoms with E-state index in [-0.39, 0.29) is 24.4 Å². The highest BCUT2D eigenvalue weighted by Gasteiger charge is 2.37. The molecule has 2 fully saturated rings. The average Bonchev–Trinajstić information content (AvgIpc) is 3.33. The zero-order valence-electron chi connectivity index (χ0n) is 15.0. The highest BCUT2D eigenvalue weighted by atomic mass is 16.7. The van der Waals surface area contributed by atoms with Crippen LogP contribution in [0, 0.1) is 10.1 Å². The molecule has 0 aromatic heterocycles. The van der Waals surface area contributed by atoms with Crippen LogP contribution < -0.4 is 14.8 Å². The molecule has 1 aromatic rings. The van der Waals surface area contributed by atoms with Crippen molar-refractivity contribution in [1.29, 1.82) is 0 Å². The van der Waals surface area contributed by atoms with Crippen LogP contribution in [0.25, 0.3) is 0 Å². The number of carbonyl (C=O) groups excluding carboxylic acids is 1. The van der Waals surface area contributed by atoms with Gasteiger partial charge in [-0.3, -0.25) is 19.8 Å². The minimum atomic E-state index is -0.760. The maximum atomic E-state index is 13.2. The van der Waals surface area contributed by atoms with Crippen molar-refractivity contribution in [3.05, 3.63) is 27.8 Å². The van der Waals surface area contributed by atoms with Gasteiger partial charge in [-0.1, -0.05) is 12.8 Å². The van der Waals surface area contributed by atoms with E-state index < -0.39 is 11.0 Å². The van der Waals surface area contributed by atoms with Crippen molar-refractivity contribution in [2.45, 2.75) is 37.8 Å². The summed E-state index contributed by atoms with van der Waals surface area (Å²) in [7, 11) is 0. The zero-order valence-corrected chi connectivity index (χ0v) is 15.0. The summed E-state index contributed by atoms with van der Waals surface area (Å²) in [5.74, 6) is 0.565. The van der Waals surface area contributed by atoms with Gasteiger partial charge in [0.25, 0.3) is 5.69 Å². The van der Waals surface area contributed by atoms with Crippen molar-refractivity contribution in [2.24, 2.45) is 0 Å². The molecule has 9 heteroatoms. The van der Waals surface area contributed by atoms with E-state index in [9.17, 15) is 14.9 Å². The van der Waals surface area contributed by atoms with Crippen LogP contribution in [0.2, 0.25) is 0 Å². The summed E-state index contributed by atoms with van der Waals surface area (Å²) < 4.78 is 16.1. The Balaban J connectivity index is 1.71.